The number of terminal acetylenes is 1. The number of ether oxygens (including phenoxy) is 2. The third-order valence-corrected chi connectivity index (χ3v) is 5.14. The molecule has 2 aromatic rings. The van der Waals surface area contributed by atoms with Crippen LogP contribution in [0.3, 0.4) is 0 Å². The molecule has 3 rings (SSSR count). The molecule has 0 amide bonds. The van der Waals surface area contributed by atoms with Gasteiger partial charge < -0.3 is 30.6 Å². The molecule has 29 heavy (non-hydrogen) atoms. The molecule has 1 saturated heterocycles. The van der Waals surface area contributed by atoms with Crippen LogP contribution in [0.2, 0.25) is 0 Å². The van der Waals surface area contributed by atoms with Gasteiger partial charge in [0.05, 0.1) is 10.9 Å². The number of nitrogens with zero attached hydrogens (tertiary/aromatic N) is 3. The second kappa shape index (κ2) is 7.59. The molecule has 0 aromatic carbocycles. The Morgan fingerprint density at radius 3 is 2.86 bits per heavy atom. The number of carbonyl (C=O) groups excluding carboxylic acids is 1. The van der Waals surface area contributed by atoms with Crippen molar-refractivity contribution in [2.75, 3.05) is 12.3 Å². The molecule has 5 N–H and O–H groups in total. The van der Waals surface area contributed by atoms with Gasteiger partial charge >= 0.3 is 5.97 Å². The molecule has 0 spiro atoms. The summed E-state index contributed by atoms with van der Waals surface area (Å²) in [5.41, 5.74) is 10.0. The van der Waals surface area contributed by atoms with E-state index in [-0.39, 0.29) is 24.0 Å². The first-order valence-corrected chi connectivity index (χ1v) is 9.11. The Hall–Kier alpha value is -2.74. The number of nitrogen functional groups attached to an aromatic ring is 1. The zero-order valence-electron chi connectivity index (χ0n) is 16.4. The standard InChI is InChI=1S/C19H24FN5O4/c1-5-10-6-25(16-12(10)15(22)23-8-24-16)18-19(4,20)14(26)11(29-18)7-28-17(27)13(21)9(2)3/h1,6,8-9,11,13-14,18,26H,7,21H2,2-4H3,(H2,22,23,24)/t11-,13?,14-,18-,19-/m1/s1. The van der Waals surface area contributed by atoms with Crippen LogP contribution < -0.4 is 11.5 Å². The van der Waals surface area contributed by atoms with Crippen molar-refractivity contribution in [2.45, 2.75) is 50.9 Å². The van der Waals surface area contributed by atoms with E-state index in [1.54, 1.807) is 13.8 Å². The summed E-state index contributed by atoms with van der Waals surface area (Å²) in [7, 11) is 0. The molecular weight excluding hydrogens is 381 g/mol. The molecule has 3 heterocycles. The number of aliphatic hydroxyl groups is 1. The molecule has 0 bridgehead atoms. The number of hydrogen-bond acceptors (Lipinski definition) is 8. The molecule has 1 fully saturated rings. The number of aromatic nitrogens is 3. The Labute approximate surface area is 167 Å². The highest BCUT2D eigenvalue weighted by Gasteiger charge is 2.55. The highest BCUT2D eigenvalue weighted by molar-refractivity contribution is 5.92. The maximum Gasteiger partial charge on any atom is 0.323 e. The summed E-state index contributed by atoms with van der Waals surface area (Å²) in [4.78, 5) is 20.0. The highest BCUT2D eigenvalue weighted by atomic mass is 19.1. The van der Waals surface area contributed by atoms with Gasteiger partial charge in [0.1, 0.15) is 42.6 Å². The number of carbonyl (C=O) groups is 1. The van der Waals surface area contributed by atoms with Crippen molar-refractivity contribution in [2.24, 2.45) is 11.7 Å². The Bertz CT molecular complexity index is 967. The quantitative estimate of drug-likeness (QED) is 0.483. The number of fused-ring (bicyclic) bond motifs is 1. The summed E-state index contributed by atoms with van der Waals surface area (Å²) in [6, 6.07) is -0.827. The van der Waals surface area contributed by atoms with Crippen molar-refractivity contribution in [3.63, 3.8) is 0 Å². The summed E-state index contributed by atoms with van der Waals surface area (Å²) >= 11 is 0. The van der Waals surface area contributed by atoms with Gasteiger partial charge in [0.15, 0.2) is 11.9 Å². The van der Waals surface area contributed by atoms with Crippen LogP contribution in [0.4, 0.5) is 10.2 Å². The van der Waals surface area contributed by atoms with Crippen LogP contribution >= 0.6 is 0 Å². The van der Waals surface area contributed by atoms with Crippen LogP contribution in [0.15, 0.2) is 12.5 Å². The number of nitrogens with two attached hydrogens (primary N) is 2. The number of esters is 1. The Balaban J connectivity index is 1.89. The van der Waals surface area contributed by atoms with Gasteiger partial charge in [-0.3, -0.25) is 4.79 Å². The van der Waals surface area contributed by atoms with E-state index in [0.29, 0.717) is 10.9 Å². The predicted octanol–water partition coefficient (Wildman–Crippen LogP) is 0.508. The van der Waals surface area contributed by atoms with Crippen LogP contribution in [0.5, 0.6) is 0 Å². The molecule has 1 unspecified atom stereocenters. The maximum atomic E-state index is 15.5. The van der Waals surface area contributed by atoms with Crippen LogP contribution in [0.1, 0.15) is 32.6 Å². The Morgan fingerprint density at radius 1 is 1.55 bits per heavy atom. The zero-order valence-corrected chi connectivity index (χ0v) is 16.4. The van der Waals surface area contributed by atoms with Crippen LogP contribution in [-0.4, -0.2) is 56.1 Å². The number of rotatable bonds is 5. The fourth-order valence-electron chi connectivity index (χ4n) is 3.28. The van der Waals surface area contributed by atoms with Gasteiger partial charge in [-0.25, -0.2) is 14.4 Å². The van der Waals surface area contributed by atoms with Gasteiger partial charge in [-0.15, -0.1) is 6.42 Å². The van der Waals surface area contributed by atoms with Gasteiger partial charge in [-0.1, -0.05) is 19.8 Å². The minimum absolute atomic E-state index is 0.130. The van der Waals surface area contributed by atoms with E-state index in [9.17, 15) is 9.90 Å². The van der Waals surface area contributed by atoms with Gasteiger partial charge in [0.2, 0.25) is 0 Å². The number of halogens is 1. The average molecular weight is 405 g/mol. The van der Waals surface area contributed by atoms with Crippen LogP contribution in [0, 0.1) is 18.3 Å². The molecule has 0 aliphatic carbocycles. The molecule has 1 aliphatic heterocycles. The van der Waals surface area contributed by atoms with Crippen molar-refractivity contribution in [1.82, 2.24) is 14.5 Å². The minimum Gasteiger partial charge on any atom is -0.462 e. The minimum atomic E-state index is -2.23. The van der Waals surface area contributed by atoms with Crippen molar-refractivity contribution >= 4 is 22.8 Å². The molecule has 10 heteroatoms. The molecule has 2 aromatic heterocycles. The number of anilines is 1. The summed E-state index contributed by atoms with van der Waals surface area (Å²) in [5.74, 6) is 1.83. The monoisotopic (exact) mass is 405 g/mol. The molecule has 156 valence electrons. The number of hydrogen-bond donors (Lipinski definition) is 3. The fourth-order valence-corrected chi connectivity index (χ4v) is 3.28. The third kappa shape index (κ3) is 3.53. The normalized spacial score (nSPS) is 27.9. The van der Waals surface area contributed by atoms with Gasteiger partial charge in [0, 0.05) is 6.20 Å². The van der Waals surface area contributed by atoms with E-state index >= 15 is 4.39 Å². The van der Waals surface area contributed by atoms with Gasteiger partial charge in [0.25, 0.3) is 0 Å². The predicted molar refractivity (Wildman–Crippen MR) is 103 cm³/mol. The highest BCUT2D eigenvalue weighted by Crippen LogP contribution is 2.43. The lowest BCUT2D eigenvalue weighted by Gasteiger charge is -2.25. The Morgan fingerprint density at radius 2 is 2.24 bits per heavy atom. The second-order valence-corrected chi connectivity index (χ2v) is 7.57. The molecule has 0 radical (unpaired) electrons. The Kier molecular flexibility index (Phi) is 5.49. The van der Waals surface area contributed by atoms with E-state index in [2.05, 4.69) is 15.9 Å². The lowest BCUT2D eigenvalue weighted by molar-refractivity contribution is -0.152. The number of alkyl halides is 1. The summed E-state index contributed by atoms with van der Waals surface area (Å²) < 4.78 is 27.7. The average Bonchev–Trinajstić information content (AvgIpc) is 3.15. The molecule has 9 nitrogen and oxygen atoms in total. The van der Waals surface area contributed by atoms with E-state index in [0.717, 1.165) is 0 Å². The smallest absolute Gasteiger partial charge is 0.323 e. The van der Waals surface area contributed by atoms with Crippen LogP contribution in [0.25, 0.3) is 11.0 Å². The van der Waals surface area contributed by atoms with Gasteiger partial charge in [-0.05, 0) is 12.8 Å². The zero-order chi connectivity index (χ0) is 21.5. The molecule has 5 atom stereocenters. The van der Waals surface area contributed by atoms with Crippen molar-refractivity contribution < 1.29 is 23.8 Å². The summed E-state index contributed by atoms with van der Waals surface area (Å²) in [5, 5.41) is 10.9. The van der Waals surface area contributed by atoms with Crippen molar-refractivity contribution in [1.29, 1.82) is 0 Å². The van der Waals surface area contributed by atoms with E-state index in [1.165, 1.54) is 24.0 Å². The van der Waals surface area contributed by atoms with Crippen molar-refractivity contribution in [3.8, 4) is 12.3 Å². The second-order valence-electron chi connectivity index (χ2n) is 7.57. The lowest BCUT2D eigenvalue weighted by Crippen LogP contribution is -2.42. The molecular formula is C19H24FN5O4. The first-order chi connectivity index (χ1) is 13.6. The summed E-state index contributed by atoms with van der Waals surface area (Å²) in [6.07, 6.45) is 4.26. The van der Waals surface area contributed by atoms with Crippen LogP contribution in [-0.2, 0) is 14.3 Å². The topological polar surface area (TPSA) is 139 Å². The fraction of sp³-hybridized carbons (Fsp3) is 0.526. The SMILES string of the molecule is C#Cc1cn([C@@H]2O[C@H](COC(=O)C(N)C(C)C)[C@@H](O)[C@@]2(C)F)c2ncnc(N)c12. The van der Waals surface area contributed by atoms with Gasteiger partial charge in [-0.2, -0.15) is 0 Å². The summed E-state index contributed by atoms with van der Waals surface area (Å²) in [6.45, 7) is 4.38. The maximum absolute atomic E-state index is 15.5. The molecule has 0 saturated carbocycles. The van der Waals surface area contributed by atoms with E-state index < -0.39 is 36.1 Å². The largest absolute Gasteiger partial charge is 0.462 e. The number of aliphatic hydroxyl groups excluding tert-OH is 1. The van der Waals surface area contributed by atoms with E-state index in [1.807, 2.05) is 0 Å². The first-order valence-electron chi connectivity index (χ1n) is 9.11. The van der Waals surface area contributed by atoms with Crippen molar-refractivity contribution in [3.05, 3.63) is 18.1 Å². The lowest BCUT2D eigenvalue weighted by atomic mass is 9.98. The van der Waals surface area contributed by atoms with E-state index in [4.69, 9.17) is 27.4 Å². The molecule has 1 aliphatic rings. The third-order valence-electron chi connectivity index (χ3n) is 5.14. The first kappa shape index (κ1) is 21.0.